The van der Waals surface area contributed by atoms with Gasteiger partial charge in [0, 0.05) is 19.7 Å². The third-order valence-corrected chi connectivity index (χ3v) is 2.28. The lowest BCUT2D eigenvalue weighted by Gasteiger charge is -2.08. The van der Waals surface area contributed by atoms with E-state index in [1.807, 2.05) is 0 Å². The first kappa shape index (κ1) is 15.2. The Bertz CT molecular complexity index is 485. The van der Waals surface area contributed by atoms with Crippen LogP contribution in [0.1, 0.15) is 23.1 Å². The number of hydrogen-bond donors (Lipinski definition) is 3. The van der Waals surface area contributed by atoms with Crippen LogP contribution < -0.4 is 16.2 Å². The molecule has 0 aliphatic carbocycles. The van der Waals surface area contributed by atoms with Crippen LogP contribution in [0.4, 0.5) is 13.2 Å². The second-order valence-corrected chi connectivity index (χ2v) is 3.88. The van der Waals surface area contributed by atoms with E-state index in [0.29, 0.717) is 17.3 Å². The minimum atomic E-state index is -4.56. The zero-order chi connectivity index (χ0) is 14.6. The predicted molar refractivity (Wildman–Crippen MR) is 65.1 cm³/mol. The van der Waals surface area contributed by atoms with Crippen LogP contribution in [0.3, 0.4) is 0 Å². The molecule has 0 radical (unpaired) electrons. The molecular formula is C9H12F3N5OS. The first-order valence-electron chi connectivity index (χ1n) is 5.21. The van der Waals surface area contributed by atoms with Gasteiger partial charge in [0.2, 0.25) is 0 Å². The van der Waals surface area contributed by atoms with Crippen molar-refractivity contribution in [1.29, 1.82) is 0 Å². The molecule has 0 spiro atoms. The molecule has 1 heterocycles. The fraction of sp³-hybridized carbons (Fsp3) is 0.444. The van der Waals surface area contributed by atoms with Crippen molar-refractivity contribution in [3.8, 4) is 0 Å². The molecule has 1 rings (SSSR count). The summed E-state index contributed by atoms with van der Waals surface area (Å²) in [6.45, 7) is 2.34. The van der Waals surface area contributed by atoms with Crippen molar-refractivity contribution in [3.63, 3.8) is 0 Å². The van der Waals surface area contributed by atoms with Gasteiger partial charge in [-0.05, 0) is 19.1 Å². The zero-order valence-electron chi connectivity index (χ0n) is 10.1. The van der Waals surface area contributed by atoms with E-state index in [-0.39, 0.29) is 10.8 Å². The molecule has 3 N–H and O–H groups in total. The van der Waals surface area contributed by atoms with Gasteiger partial charge in [-0.15, -0.1) is 0 Å². The average molecular weight is 295 g/mol. The summed E-state index contributed by atoms with van der Waals surface area (Å²) >= 11 is 4.77. The number of halogens is 3. The highest BCUT2D eigenvalue weighted by Crippen LogP contribution is 2.29. The predicted octanol–water partition coefficient (Wildman–Crippen LogP) is 0.568. The van der Waals surface area contributed by atoms with Crippen molar-refractivity contribution < 1.29 is 18.0 Å². The van der Waals surface area contributed by atoms with Crippen molar-refractivity contribution in [2.45, 2.75) is 13.1 Å². The molecule has 19 heavy (non-hydrogen) atoms. The largest absolute Gasteiger partial charge is 0.433 e. The second-order valence-electron chi connectivity index (χ2n) is 3.47. The van der Waals surface area contributed by atoms with E-state index in [4.69, 9.17) is 12.2 Å². The summed E-state index contributed by atoms with van der Waals surface area (Å²) in [5.41, 5.74) is 3.11. The number of thiocarbonyl (C=S) groups is 1. The van der Waals surface area contributed by atoms with Gasteiger partial charge in [-0.1, -0.05) is 0 Å². The molecule has 0 aliphatic rings. The van der Waals surface area contributed by atoms with E-state index in [2.05, 4.69) is 21.3 Å². The lowest BCUT2D eigenvalue weighted by Crippen LogP contribution is -2.46. The van der Waals surface area contributed by atoms with Crippen molar-refractivity contribution in [1.82, 2.24) is 25.9 Å². The molecule has 1 aromatic heterocycles. The van der Waals surface area contributed by atoms with Crippen LogP contribution in [-0.4, -0.2) is 27.3 Å². The van der Waals surface area contributed by atoms with Gasteiger partial charge in [0.1, 0.15) is 5.69 Å². The Hall–Kier alpha value is -1.84. The highest BCUT2D eigenvalue weighted by atomic mass is 32.1. The van der Waals surface area contributed by atoms with Crippen LogP contribution >= 0.6 is 12.2 Å². The fourth-order valence-electron chi connectivity index (χ4n) is 1.23. The summed E-state index contributed by atoms with van der Waals surface area (Å²) in [4.78, 5) is 11.5. The van der Waals surface area contributed by atoms with Gasteiger partial charge in [0.05, 0.1) is 0 Å². The van der Waals surface area contributed by atoms with E-state index in [9.17, 15) is 18.0 Å². The van der Waals surface area contributed by atoms with E-state index in [0.717, 1.165) is 7.05 Å². The Kier molecular flexibility index (Phi) is 4.70. The van der Waals surface area contributed by atoms with E-state index in [1.165, 1.54) is 0 Å². The molecule has 0 bridgehead atoms. The summed E-state index contributed by atoms with van der Waals surface area (Å²) in [5, 5.41) is 6.33. The smallest absolute Gasteiger partial charge is 0.362 e. The maximum absolute atomic E-state index is 12.5. The van der Waals surface area contributed by atoms with E-state index >= 15 is 0 Å². The fourth-order valence-corrected chi connectivity index (χ4v) is 1.42. The van der Waals surface area contributed by atoms with Crippen molar-refractivity contribution in [2.75, 3.05) is 6.54 Å². The molecule has 0 saturated carbocycles. The number of aryl methyl sites for hydroxylation is 1. The molecule has 6 nitrogen and oxygen atoms in total. The third kappa shape index (κ3) is 4.09. The monoisotopic (exact) mass is 295 g/mol. The van der Waals surface area contributed by atoms with Gasteiger partial charge in [0.25, 0.3) is 5.91 Å². The second kappa shape index (κ2) is 5.87. The lowest BCUT2D eigenvalue weighted by molar-refractivity contribution is -0.143. The van der Waals surface area contributed by atoms with Gasteiger partial charge >= 0.3 is 6.18 Å². The molecule has 0 saturated heterocycles. The van der Waals surface area contributed by atoms with Gasteiger partial charge in [0.15, 0.2) is 10.8 Å². The number of rotatable bonds is 2. The highest BCUT2D eigenvalue weighted by molar-refractivity contribution is 7.80. The molecule has 0 unspecified atom stereocenters. The topological polar surface area (TPSA) is 71.0 Å². The van der Waals surface area contributed by atoms with Crippen LogP contribution in [0.15, 0.2) is 6.07 Å². The molecule has 1 aromatic rings. The van der Waals surface area contributed by atoms with Gasteiger partial charge in [-0.2, -0.15) is 18.3 Å². The van der Waals surface area contributed by atoms with Gasteiger partial charge < -0.3 is 5.32 Å². The SMILES string of the molecule is CCNC(=S)NNC(=O)c1cc(C(F)(F)F)n(C)n1. The zero-order valence-corrected chi connectivity index (χ0v) is 10.9. The number of carbonyl (C=O) groups is 1. The number of hydrogen-bond acceptors (Lipinski definition) is 3. The summed E-state index contributed by atoms with van der Waals surface area (Å²) in [7, 11) is 1.11. The molecule has 1 amide bonds. The number of hydrazine groups is 1. The number of carbonyl (C=O) groups excluding carboxylic acids is 1. The van der Waals surface area contributed by atoms with E-state index in [1.54, 1.807) is 6.92 Å². The number of aromatic nitrogens is 2. The summed E-state index contributed by atoms with van der Waals surface area (Å²) < 4.78 is 38.1. The third-order valence-electron chi connectivity index (χ3n) is 2.03. The minimum absolute atomic E-state index is 0.155. The van der Waals surface area contributed by atoms with Crippen molar-refractivity contribution in [3.05, 3.63) is 17.5 Å². The number of nitrogens with one attached hydrogen (secondary N) is 3. The average Bonchev–Trinajstić information content (AvgIpc) is 2.68. The Morgan fingerprint density at radius 2 is 2.11 bits per heavy atom. The first-order valence-corrected chi connectivity index (χ1v) is 5.62. The highest BCUT2D eigenvalue weighted by Gasteiger charge is 2.35. The number of alkyl halides is 3. The minimum Gasteiger partial charge on any atom is -0.362 e. The molecule has 106 valence electrons. The molecule has 0 aromatic carbocycles. The molecule has 0 aliphatic heterocycles. The Morgan fingerprint density at radius 3 is 2.58 bits per heavy atom. The van der Waals surface area contributed by atoms with Gasteiger partial charge in [-0.3, -0.25) is 20.3 Å². The Balaban J connectivity index is 2.71. The van der Waals surface area contributed by atoms with E-state index < -0.39 is 17.8 Å². The first-order chi connectivity index (χ1) is 8.75. The summed E-state index contributed by atoms with van der Waals surface area (Å²) in [5.74, 6) is -0.814. The lowest BCUT2D eigenvalue weighted by atomic mass is 10.3. The molecule has 0 fully saturated rings. The summed E-state index contributed by atoms with van der Waals surface area (Å²) in [6, 6.07) is 0.660. The normalized spacial score (nSPS) is 11.0. The summed E-state index contributed by atoms with van der Waals surface area (Å²) in [6.07, 6.45) is -4.56. The maximum atomic E-state index is 12.5. The van der Waals surface area contributed by atoms with Crippen LogP contribution in [0, 0.1) is 0 Å². The standard InChI is InChI=1S/C9H12F3N5OS/c1-3-13-8(19)15-14-7(18)5-4-6(9(10,11)12)17(2)16-5/h4H,3H2,1-2H3,(H,14,18)(H2,13,15,19). The quantitative estimate of drug-likeness (QED) is 0.549. The maximum Gasteiger partial charge on any atom is 0.433 e. The molecule has 10 heteroatoms. The Morgan fingerprint density at radius 1 is 1.47 bits per heavy atom. The Labute approximate surface area is 112 Å². The van der Waals surface area contributed by atoms with Crippen LogP contribution in [0.25, 0.3) is 0 Å². The van der Waals surface area contributed by atoms with Crippen LogP contribution in [-0.2, 0) is 13.2 Å². The van der Waals surface area contributed by atoms with Gasteiger partial charge in [-0.25, -0.2) is 0 Å². The van der Waals surface area contributed by atoms with Crippen molar-refractivity contribution in [2.24, 2.45) is 7.05 Å². The van der Waals surface area contributed by atoms with Crippen LogP contribution in [0.5, 0.6) is 0 Å². The molecule has 0 atom stereocenters. The number of nitrogens with zero attached hydrogens (tertiary/aromatic N) is 2. The van der Waals surface area contributed by atoms with Crippen molar-refractivity contribution >= 4 is 23.2 Å². The van der Waals surface area contributed by atoms with Crippen LogP contribution in [0.2, 0.25) is 0 Å². The molecular weight excluding hydrogens is 283 g/mol. The number of amides is 1.